The number of carbonyl (C=O) groups excluding carboxylic acids is 4. The van der Waals surface area contributed by atoms with E-state index in [1.54, 1.807) is 0 Å². The van der Waals surface area contributed by atoms with Crippen LogP contribution >= 0.6 is 15.6 Å². The minimum absolute atomic E-state index is 0.108. The molecule has 19 heteroatoms. The van der Waals surface area contributed by atoms with E-state index in [1.165, 1.54) is 250 Å². The number of hydrogen-bond donors (Lipinski definition) is 3. The largest absolute Gasteiger partial charge is 0.472 e. The molecule has 3 N–H and O–H groups in total. The maximum Gasteiger partial charge on any atom is 0.472 e. The average molecular weight is 1510 g/mol. The SMILES string of the molecule is CCCCCCCCCCCCCCCCCCCC(=O)O[C@H](COC(=O)CCCCCCCCC)COP(=O)(O)OC[C@H](O)COP(=O)(O)OC[C@@H](COC(=O)CCCCCCCCCCCCCCCCC(C)C)OC(=O)CCCCCCCCCCCCCCCCCCCCC(C)CC. The van der Waals surface area contributed by atoms with Gasteiger partial charge in [0.2, 0.25) is 0 Å². The first-order chi connectivity index (χ1) is 49.9. The summed E-state index contributed by atoms with van der Waals surface area (Å²) >= 11 is 0. The lowest BCUT2D eigenvalue weighted by Crippen LogP contribution is -2.30. The van der Waals surface area contributed by atoms with Crippen molar-refractivity contribution in [2.75, 3.05) is 39.6 Å². The summed E-state index contributed by atoms with van der Waals surface area (Å²) in [5.74, 6) is -0.439. The van der Waals surface area contributed by atoms with Crippen molar-refractivity contribution in [1.82, 2.24) is 0 Å². The van der Waals surface area contributed by atoms with E-state index in [9.17, 15) is 43.2 Å². The molecule has 0 saturated carbocycles. The molecule has 0 radical (unpaired) electrons. The van der Waals surface area contributed by atoms with Crippen LogP contribution in [0.2, 0.25) is 0 Å². The number of unbranched alkanes of at least 4 members (excludes halogenated alkanes) is 52. The summed E-state index contributed by atoms with van der Waals surface area (Å²) in [6, 6.07) is 0. The zero-order valence-electron chi connectivity index (χ0n) is 67.6. The summed E-state index contributed by atoms with van der Waals surface area (Å²) < 4.78 is 68.7. The first-order valence-corrected chi connectivity index (χ1v) is 46.5. The molecule has 0 aromatic rings. The maximum absolute atomic E-state index is 13.1. The summed E-state index contributed by atoms with van der Waals surface area (Å²) in [7, 11) is -9.92. The molecular weight excluding hydrogens is 1340 g/mol. The van der Waals surface area contributed by atoms with Crippen LogP contribution in [-0.4, -0.2) is 96.7 Å². The molecule has 0 aliphatic rings. The summed E-state index contributed by atoms with van der Waals surface area (Å²) in [5, 5.41) is 10.6. The van der Waals surface area contributed by atoms with Crippen LogP contribution in [0.3, 0.4) is 0 Å². The predicted octanol–water partition coefficient (Wildman–Crippen LogP) is 25.5. The molecule has 17 nitrogen and oxygen atoms in total. The van der Waals surface area contributed by atoms with Gasteiger partial charge in [0, 0.05) is 25.7 Å². The Morgan fingerprint density at radius 1 is 0.282 bits per heavy atom. The van der Waals surface area contributed by atoms with Gasteiger partial charge in [-0.1, -0.05) is 395 Å². The van der Waals surface area contributed by atoms with Crippen molar-refractivity contribution in [3.05, 3.63) is 0 Å². The monoisotopic (exact) mass is 1510 g/mol. The third-order valence-electron chi connectivity index (χ3n) is 20.1. The molecular formula is C84H164O17P2. The van der Waals surface area contributed by atoms with Crippen LogP contribution in [-0.2, 0) is 65.4 Å². The van der Waals surface area contributed by atoms with E-state index in [-0.39, 0.29) is 25.7 Å². The van der Waals surface area contributed by atoms with Crippen LogP contribution in [0.15, 0.2) is 0 Å². The lowest BCUT2D eigenvalue weighted by molar-refractivity contribution is -0.161. The molecule has 612 valence electrons. The number of ether oxygens (including phenoxy) is 4. The molecule has 3 unspecified atom stereocenters. The van der Waals surface area contributed by atoms with Crippen molar-refractivity contribution in [3.63, 3.8) is 0 Å². The lowest BCUT2D eigenvalue weighted by atomic mass is 9.99. The van der Waals surface area contributed by atoms with E-state index in [4.69, 9.17) is 37.0 Å². The second kappa shape index (κ2) is 75.5. The fourth-order valence-electron chi connectivity index (χ4n) is 13.0. The van der Waals surface area contributed by atoms with Crippen molar-refractivity contribution >= 4 is 39.5 Å². The Hall–Kier alpha value is -1.94. The topological polar surface area (TPSA) is 237 Å². The molecule has 0 aliphatic heterocycles. The second-order valence-electron chi connectivity index (χ2n) is 30.9. The first-order valence-electron chi connectivity index (χ1n) is 43.5. The number of phosphoric ester groups is 2. The number of carbonyl (C=O) groups is 4. The molecule has 0 bridgehead atoms. The Labute approximate surface area is 632 Å². The summed E-state index contributed by atoms with van der Waals surface area (Å²) in [6.07, 6.45) is 66.8. The fourth-order valence-corrected chi connectivity index (χ4v) is 14.6. The minimum Gasteiger partial charge on any atom is -0.462 e. The van der Waals surface area contributed by atoms with Crippen LogP contribution in [0.5, 0.6) is 0 Å². The highest BCUT2D eigenvalue weighted by Crippen LogP contribution is 2.45. The Balaban J connectivity index is 5.16. The highest BCUT2D eigenvalue weighted by molar-refractivity contribution is 7.47. The van der Waals surface area contributed by atoms with Gasteiger partial charge < -0.3 is 33.8 Å². The van der Waals surface area contributed by atoms with Crippen LogP contribution in [0.4, 0.5) is 0 Å². The van der Waals surface area contributed by atoms with Gasteiger partial charge in [-0.05, 0) is 37.5 Å². The lowest BCUT2D eigenvalue weighted by Gasteiger charge is -2.21. The quantitative estimate of drug-likeness (QED) is 0.0222. The molecule has 6 atom stereocenters. The summed E-state index contributed by atoms with van der Waals surface area (Å²) in [6.45, 7) is 9.71. The molecule has 103 heavy (non-hydrogen) atoms. The molecule has 0 heterocycles. The van der Waals surface area contributed by atoms with Crippen LogP contribution < -0.4 is 0 Å². The number of aliphatic hydroxyl groups is 1. The van der Waals surface area contributed by atoms with E-state index >= 15 is 0 Å². The summed E-state index contributed by atoms with van der Waals surface area (Å²) in [4.78, 5) is 73.0. The molecule has 0 spiro atoms. The number of aliphatic hydroxyl groups excluding tert-OH is 1. The van der Waals surface area contributed by atoms with Crippen molar-refractivity contribution in [3.8, 4) is 0 Å². The Bertz CT molecular complexity index is 1980. The highest BCUT2D eigenvalue weighted by atomic mass is 31.2. The molecule has 0 aromatic carbocycles. The fraction of sp³-hybridized carbons (Fsp3) is 0.952. The molecule has 0 rings (SSSR count). The molecule has 0 amide bonds. The Morgan fingerprint density at radius 2 is 0.495 bits per heavy atom. The molecule has 0 fully saturated rings. The third-order valence-corrected chi connectivity index (χ3v) is 22.0. The standard InChI is InChI=1S/C84H164O17P2/c1-7-10-12-14-16-17-18-19-20-23-27-34-39-44-50-56-62-68-83(88)100-79(72-94-81(86)66-60-54-46-15-13-11-8-2)74-98-102(90,91)96-70-78(85)71-97-103(92,93)99-75-80(73-95-82(87)67-61-55-49-43-38-33-30-29-31-36-41-47-52-58-64-76(4)5)101-84(89)69-63-57-51-45-40-35-28-25-22-21-24-26-32-37-42-48-53-59-65-77(6)9-3/h76-80,85H,7-75H2,1-6H3,(H,90,91)(H,92,93)/t77?,78-,79+,80+/m0/s1. The number of phosphoric acid groups is 2. The molecule has 0 aliphatic carbocycles. The number of hydrogen-bond acceptors (Lipinski definition) is 15. The second-order valence-corrected chi connectivity index (χ2v) is 33.8. The van der Waals surface area contributed by atoms with Crippen molar-refractivity contribution < 1.29 is 80.2 Å². The van der Waals surface area contributed by atoms with Gasteiger partial charge in [0.05, 0.1) is 26.4 Å². The van der Waals surface area contributed by atoms with E-state index < -0.39 is 97.5 Å². The zero-order valence-corrected chi connectivity index (χ0v) is 69.4. The first kappa shape index (κ1) is 101. The predicted molar refractivity (Wildman–Crippen MR) is 423 cm³/mol. The van der Waals surface area contributed by atoms with Crippen LogP contribution in [0, 0.1) is 11.8 Å². The third kappa shape index (κ3) is 76.6. The van der Waals surface area contributed by atoms with Crippen LogP contribution in [0.1, 0.15) is 446 Å². The Morgan fingerprint density at radius 3 is 0.738 bits per heavy atom. The average Bonchev–Trinajstić information content (AvgIpc) is 0.911. The van der Waals surface area contributed by atoms with E-state index in [2.05, 4.69) is 41.5 Å². The van der Waals surface area contributed by atoms with Gasteiger partial charge in [0.25, 0.3) is 0 Å². The maximum atomic E-state index is 13.1. The van der Waals surface area contributed by atoms with E-state index in [0.29, 0.717) is 25.7 Å². The van der Waals surface area contributed by atoms with Gasteiger partial charge in [-0.15, -0.1) is 0 Å². The van der Waals surface area contributed by atoms with Crippen molar-refractivity contribution in [2.45, 2.75) is 464 Å². The number of rotatable bonds is 83. The van der Waals surface area contributed by atoms with Gasteiger partial charge >= 0.3 is 39.5 Å². The molecule has 0 aromatic heterocycles. The van der Waals surface area contributed by atoms with Gasteiger partial charge in [-0.3, -0.25) is 37.3 Å². The van der Waals surface area contributed by atoms with E-state index in [1.807, 2.05) is 0 Å². The van der Waals surface area contributed by atoms with Gasteiger partial charge in [-0.25, -0.2) is 9.13 Å². The number of esters is 4. The van der Waals surface area contributed by atoms with Crippen molar-refractivity contribution in [1.29, 1.82) is 0 Å². The van der Waals surface area contributed by atoms with Crippen LogP contribution in [0.25, 0.3) is 0 Å². The van der Waals surface area contributed by atoms with Crippen molar-refractivity contribution in [2.24, 2.45) is 11.8 Å². The van der Waals surface area contributed by atoms with E-state index in [0.717, 1.165) is 115 Å². The Kier molecular flexibility index (Phi) is 74.1. The minimum atomic E-state index is -4.96. The highest BCUT2D eigenvalue weighted by Gasteiger charge is 2.30. The van der Waals surface area contributed by atoms with Gasteiger partial charge in [-0.2, -0.15) is 0 Å². The zero-order chi connectivity index (χ0) is 75.6. The van der Waals surface area contributed by atoms with Gasteiger partial charge in [0.1, 0.15) is 19.3 Å². The summed E-state index contributed by atoms with van der Waals surface area (Å²) in [5.41, 5.74) is 0. The smallest absolute Gasteiger partial charge is 0.462 e. The normalized spacial score (nSPS) is 14.1. The molecule has 0 saturated heterocycles. The van der Waals surface area contributed by atoms with Gasteiger partial charge in [0.15, 0.2) is 12.2 Å².